The summed E-state index contributed by atoms with van der Waals surface area (Å²) in [5.74, 6) is 0. The topological polar surface area (TPSA) is 57.5 Å². The van der Waals surface area contributed by atoms with Crippen LogP contribution in [0.1, 0.15) is 0 Å². The van der Waals surface area contributed by atoms with Gasteiger partial charge in [-0.15, -0.1) is 9.79 Å². The predicted molar refractivity (Wildman–Crippen MR) is 20.6 cm³/mol. The molecule has 0 unspecified atom stereocenters. The second kappa shape index (κ2) is 4.94. The Morgan fingerprint density at radius 2 is 1.40 bits per heavy atom. The molecule has 0 aliphatic heterocycles. The summed E-state index contributed by atoms with van der Waals surface area (Å²) >= 11 is 0. The summed E-state index contributed by atoms with van der Waals surface area (Å²) in [7, 11) is -2.87. The first-order chi connectivity index (χ1) is 1.73. The summed E-state index contributed by atoms with van der Waals surface area (Å²) in [5, 5.41) is 0. The fraction of sp³-hybridized carbons (Fsp3) is 0. The van der Waals surface area contributed by atoms with E-state index in [2.05, 4.69) is 0 Å². The van der Waals surface area contributed by atoms with E-state index in [-0.39, 0.29) is 27.3 Å². The molecule has 0 aliphatic carbocycles. The van der Waals surface area contributed by atoms with Crippen molar-refractivity contribution < 1.29 is 14.4 Å². The molecule has 0 fully saturated rings. The zero-order valence-electron chi connectivity index (χ0n) is 2.46. The maximum absolute atomic E-state index is 8.70. The molecule has 0 aromatic rings. The summed E-state index contributed by atoms with van der Waals surface area (Å²) < 4.78 is 8.70. The van der Waals surface area contributed by atoms with Crippen LogP contribution in [-0.2, 0) is 4.57 Å². The fourth-order valence-corrected chi connectivity index (χ4v) is 0. The minimum absolute atomic E-state index is 0. The van der Waals surface area contributed by atoms with Crippen LogP contribution in [0.2, 0.25) is 0 Å². The minimum atomic E-state index is -2.87. The molecule has 0 rings (SSSR count). The Hall–Kier alpha value is 0.942. The van der Waals surface area contributed by atoms with Crippen molar-refractivity contribution >= 4 is 35.6 Å². The van der Waals surface area contributed by atoms with Gasteiger partial charge in [0, 0.05) is 4.57 Å². The standard InChI is InChI=1S/HO3P.Pb.2H/c1-4(2)3;;;/h(H-,1,2,3);;;/p+1. The van der Waals surface area contributed by atoms with Gasteiger partial charge in [0.2, 0.25) is 0 Å². The second-order valence-electron chi connectivity index (χ2n) is 0.253. The molecule has 0 aromatic heterocycles. The summed E-state index contributed by atoms with van der Waals surface area (Å²) in [6.45, 7) is 0. The van der Waals surface area contributed by atoms with Crippen LogP contribution in [0.4, 0.5) is 0 Å². The Balaban J connectivity index is 0. The third-order valence-electron chi connectivity index (χ3n) is 0. The summed E-state index contributed by atoms with van der Waals surface area (Å²) in [6.07, 6.45) is 0. The molecule has 0 atom stereocenters. The normalized spacial score (nSPS) is 5.20. The van der Waals surface area contributed by atoms with Gasteiger partial charge in [0.1, 0.15) is 0 Å². The monoisotopic (exact) mass is 291 g/mol. The van der Waals surface area contributed by atoms with E-state index in [1.165, 1.54) is 0 Å². The van der Waals surface area contributed by atoms with Crippen LogP contribution < -0.4 is 0 Å². The van der Waals surface area contributed by atoms with Gasteiger partial charge < -0.3 is 0 Å². The average molecular weight is 290 g/mol. The third-order valence-corrected chi connectivity index (χ3v) is 0. The first-order valence-electron chi connectivity index (χ1n) is 0.583. The molecule has 0 spiro atoms. The fourth-order valence-electron chi connectivity index (χ4n) is 0. The van der Waals surface area contributed by atoms with Crippen molar-refractivity contribution in [1.82, 2.24) is 0 Å². The number of hydrogen-bond donors (Lipinski definition) is 2. The Bertz CT molecular complexity index is 29.9. The Morgan fingerprint density at radius 3 is 1.40 bits per heavy atom. The summed E-state index contributed by atoms with van der Waals surface area (Å²) in [5.41, 5.74) is 0. The zero-order chi connectivity index (χ0) is 3.58. The molecule has 30 valence electrons. The SMILES string of the molecule is O=[P+](O)O.[PbH2]. The average Bonchev–Trinajstić information content (AvgIpc) is 0.811. The third kappa shape index (κ3) is 48.2. The molecule has 5 heteroatoms. The Morgan fingerprint density at radius 1 is 1.40 bits per heavy atom. The molecule has 2 radical (unpaired) electrons. The van der Waals surface area contributed by atoms with Gasteiger partial charge in [0.25, 0.3) is 0 Å². The van der Waals surface area contributed by atoms with Crippen molar-refractivity contribution in [1.29, 1.82) is 0 Å². The Kier molecular flexibility index (Phi) is 9.23. The van der Waals surface area contributed by atoms with Gasteiger partial charge in [0.15, 0.2) is 0 Å². The van der Waals surface area contributed by atoms with E-state index in [4.69, 9.17) is 14.4 Å². The van der Waals surface area contributed by atoms with Gasteiger partial charge in [-0.25, -0.2) is 0 Å². The predicted octanol–water partition coefficient (Wildman–Crippen LogP) is -1.29. The van der Waals surface area contributed by atoms with Gasteiger partial charge >= 0.3 is 35.6 Å². The molecule has 0 saturated carbocycles. The first kappa shape index (κ1) is 9.34. The van der Waals surface area contributed by atoms with Gasteiger partial charge in [-0.1, -0.05) is 0 Å². The molecule has 3 nitrogen and oxygen atoms in total. The van der Waals surface area contributed by atoms with Crippen LogP contribution in [0.5, 0.6) is 0 Å². The van der Waals surface area contributed by atoms with Crippen molar-refractivity contribution in [3.8, 4) is 0 Å². The van der Waals surface area contributed by atoms with E-state index in [1.807, 2.05) is 0 Å². The first-order valence-corrected chi connectivity index (χ1v) is 1.75. The van der Waals surface area contributed by atoms with Crippen molar-refractivity contribution in [2.45, 2.75) is 0 Å². The van der Waals surface area contributed by atoms with Gasteiger partial charge in [-0.3, -0.25) is 0 Å². The van der Waals surface area contributed by atoms with Crippen molar-refractivity contribution in [3.05, 3.63) is 0 Å². The quantitative estimate of drug-likeness (QED) is 0.431. The molecule has 0 amide bonds. The Labute approximate surface area is 50.1 Å². The molecule has 0 heterocycles. The van der Waals surface area contributed by atoms with Gasteiger partial charge in [0.05, 0.1) is 0 Å². The molecular weight excluding hydrogens is 286 g/mol. The second-order valence-corrected chi connectivity index (χ2v) is 0.758. The van der Waals surface area contributed by atoms with E-state index in [0.29, 0.717) is 0 Å². The van der Waals surface area contributed by atoms with Crippen LogP contribution >= 0.6 is 8.25 Å². The molecule has 0 bridgehead atoms. The van der Waals surface area contributed by atoms with Crippen LogP contribution in [0, 0.1) is 0 Å². The maximum atomic E-state index is 8.70. The van der Waals surface area contributed by atoms with Crippen LogP contribution in [-0.4, -0.2) is 37.1 Å². The van der Waals surface area contributed by atoms with E-state index < -0.39 is 8.25 Å². The summed E-state index contributed by atoms with van der Waals surface area (Å²) in [6, 6.07) is 0. The number of rotatable bonds is 0. The van der Waals surface area contributed by atoms with Crippen molar-refractivity contribution in [2.75, 3.05) is 0 Å². The van der Waals surface area contributed by atoms with Gasteiger partial charge in [-0.2, -0.15) is 0 Å². The molecule has 2 N–H and O–H groups in total. The van der Waals surface area contributed by atoms with E-state index in [9.17, 15) is 0 Å². The molecular formula is H4O3PPb+. The van der Waals surface area contributed by atoms with Crippen LogP contribution in [0.25, 0.3) is 0 Å². The van der Waals surface area contributed by atoms with Crippen LogP contribution in [0.15, 0.2) is 0 Å². The van der Waals surface area contributed by atoms with Crippen LogP contribution in [0.3, 0.4) is 0 Å². The van der Waals surface area contributed by atoms with E-state index >= 15 is 0 Å². The molecule has 0 saturated heterocycles. The van der Waals surface area contributed by atoms with Crippen molar-refractivity contribution in [3.63, 3.8) is 0 Å². The number of hydrogen-bond acceptors (Lipinski definition) is 1. The zero-order valence-corrected chi connectivity index (χ0v) is 8.85. The van der Waals surface area contributed by atoms with E-state index in [1.54, 1.807) is 0 Å². The van der Waals surface area contributed by atoms with Crippen molar-refractivity contribution in [2.24, 2.45) is 0 Å². The molecule has 0 aromatic carbocycles. The summed E-state index contributed by atoms with van der Waals surface area (Å²) in [4.78, 5) is 14.2. The molecule has 5 heavy (non-hydrogen) atoms. The van der Waals surface area contributed by atoms with Gasteiger partial charge in [-0.05, 0) is 0 Å². The van der Waals surface area contributed by atoms with E-state index in [0.717, 1.165) is 0 Å². The molecule has 0 aliphatic rings.